The van der Waals surface area contributed by atoms with Crippen LogP contribution in [-0.2, 0) is 17.8 Å². The second kappa shape index (κ2) is 4.55. The Balaban J connectivity index is 2.72. The topological polar surface area (TPSA) is 47.8 Å². The molecule has 1 aromatic heterocycles. The van der Waals surface area contributed by atoms with Gasteiger partial charge in [-0.1, -0.05) is 27.7 Å². The van der Waals surface area contributed by atoms with Crippen molar-refractivity contribution in [1.82, 2.24) is 14.8 Å². The number of hydrogen-bond acceptors (Lipinski definition) is 3. The fourth-order valence-corrected chi connectivity index (χ4v) is 1.23. The number of aromatic nitrogens is 3. The van der Waals surface area contributed by atoms with Crippen LogP contribution in [0.25, 0.3) is 0 Å². The molecule has 0 aliphatic heterocycles. The lowest BCUT2D eigenvalue weighted by atomic mass is 9.89. The van der Waals surface area contributed by atoms with Gasteiger partial charge in [-0.3, -0.25) is 4.79 Å². The van der Waals surface area contributed by atoms with Gasteiger partial charge in [0.1, 0.15) is 17.9 Å². The van der Waals surface area contributed by atoms with Gasteiger partial charge in [0.25, 0.3) is 0 Å². The minimum Gasteiger partial charge on any atom is -0.299 e. The van der Waals surface area contributed by atoms with E-state index in [0.717, 1.165) is 18.8 Å². The lowest BCUT2D eigenvalue weighted by Crippen LogP contribution is -2.24. The third kappa shape index (κ3) is 3.15. The van der Waals surface area contributed by atoms with E-state index in [1.54, 1.807) is 0 Å². The summed E-state index contributed by atoms with van der Waals surface area (Å²) >= 11 is 0. The third-order valence-corrected chi connectivity index (χ3v) is 2.29. The highest BCUT2D eigenvalue weighted by molar-refractivity contribution is 5.85. The molecule has 1 heterocycles. The van der Waals surface area contributed by atoms with Gasteiger partial charge in [0.05, 0.1) is 6.42 Å². The highest BCUT2D eigenvalue weighted by Crippen LogP contribution is 2.16. The van der Waals surface area contributed by atoms with E-state index in [1.807, 2.05) is 25.5 Å². The second-order valence-corrected chi connectivity index (χ2v) is 4.75. The molecule has 15 heavy (non-hydrogen) atoms. The fraction of sp³-hybridized carbons (Fsp3) is 0.727. The normalized spacial score (nSPS) is 11.7. The molecule has 0 unspecified atom stereocenters. The molecule has 0 aliphatic carbocycles. The SMILES string of the molecule is CCCn1ncnc1CC(=O)C(C)(C)C. The summed E-state index contributed by atoms with van der Waals surface area (Å²) in [4.78, 5) is 15.9. The van der Waals surface area contributed by atoms with Crippen LogP contribution in [0.5, 0.6) is 0 Å². The van der Waals surface area contributed by atoms with Gasteiger partial charge in [-0.15, -0.1) is 0 Å². The molecule has 0 atom stereocenters. The van der Waals surface area contributed by atoms with E-state index in [-0.39, 0.29) is 11.2 Å². The van der Waals surface area contributed by atoms with Gasteiger partial charge in [-0.25, -0.2) is 9.67 Å². The van der Waals surface area contributed by atoms with E-state index < -0.39 is 0 Å². The number of carbonyl (C=O) groups excluding carboxylic acids is 1. The van der Waals surface area contributed by atoms with Gasteiger partial charge < -0.3 is 0 Å². The van der Waals surface area contributed by atoms with Crippen molar-refractivity contribution in [2.24, 2.45) is 5.41 Å². The Kier molecular flexibility index (Phi) is 3.61. The third-order valence-electron chi connectivity index (χ3n) is 2.29. The van der Waals surface area contributed by atoms with Crippen LogP contribution in [0.2, 0.25) is 0 Å². The Labute approximate surface area is 90.7 Å². The lowest BCUT2D eigenvalue weighted by molar-refractivity contribution is -0.125. The Morgan fingerprint density at radius 3 is 2.67 bits per heavy atom. The number of rotatable bonds is 4. The van der Waals surface area contributed by atoms with E-state index in [0.29, 0.717) is 6.42 Å². The summed E-state index contributed by atoms with van der Waals surface area (Å²) in [5.74, 6) is 0.977. The molecule has 4 nitrogen and oxygen atoms in total. The molecule has 1 aromatic rings. The maximum absolute atomic E-state index is 11.8. The van der Waals surface area contributed by atoms with E-state index in [1.165, 1.54) is 6.33 Å². The van der Waals surface area contributed by atoms with Gasteiger partial charge >= 0.3 is 0 Å². The van der Waals surface area contributed by atoms with Gasteiger partial charge in [-0.2, -0.15) is 5.10 Å². The molecule has 0 bridgehead atoms. The minimum atomic E-state index is -0.303. The number of ketones is 1. The zero-order valence-electron chi connectivity index (χ0n) is 9.95. The Bertz CT molecular complexity index is 336. The summed E-state index contributed by atoms with van der Waals surface area (Å²) in [7, 11) is 0. The molecule has 0 amide bonds. The summed E-state index contributed by atoms with van der Waals surface area (Å²) in [6.07, 6.45) is 2.89. The standard InChI is InChI=1S/C11H19N3O/c1-5-6-14-10(12-8-13-14)7-9(15)11(2,3)4/h8H,5-7H2,1-4H3. The molecule has 0 aromatic carbocycles. The predicted octanol–water partition coefficient (Wildman–Crippen LogP) is 1.85. The molecule has 0 radical (unpaired) electrons. The van der Waals surface area contributed by atoms with Crippen LogP contribution in [0.3, 0.4) is 0 Å². The number of hydrogen-bond donors (Lipinski definition) is 0. The van der Waals surface area contributed by atoms with Crippen LogP contribution in [0.4, 0.5) is 0 Å². The van der Waals surface area contributed by atoms with Crippen molar-refractivity contribution >= 4 is 5.78 Å². The largest absolute Gasteiger partial charge is 0.299 e. The molecule has 0 N–H and O–H groups in total. The first-order chi connectivity index (χ1) is 6.95. The van der Waals surface area contributed by atoms with Crippen LogP contribution in [-0.4, -0.2) is 20.5 Å². The smallest absolute Gasteiger partial charge is 0.145 e. The van der Waals surface area contributed by atoms with Gasteiger partial charge in [0.2, 0.25) is 0 Å². The Morgan fingerprint density at radius 1 is 1.47 bits per heavy atom. The van der Waals surface area contributed by atoms with Crippen molar-refractivity contribution in [3.05, 3.63) is 12.2 Å². The average molecular weight is 209 g/mol. The summed E-state index contributed by atoms with van der Waals surface area (Å²) in [6.45, 7) is 8.69. The first-order valence-corrected chi connectivity index (χ1v) is 5.35. The van der Waals surface area contributed by atoms with Gasteiger partial charge in [0.15, 0.2) is 0 Å². The molecule has 84 valence electrons. The second-order valence-electron chi connectivity index (χ2n) is 4.75. The van der Waals surface area contributed by atoms with Crippen molar-refractivity contribution in [3.8, 4) is 0 Å². The van der Waals surface area contributed by atoms with Crippen LogP contribution in [0, 0.1) is 5.41 Å². The summed E-state index contributed by atoms with van der Waals surface area (Å²) in [5, 5.41) is 4.09. The van der Waals surface area contributed by atoms with E-state index >= 15 is 0 Å². The monoisotopic (exact) mass is 209 g/mol. The number of carbonyl (C=O) groups is 1. The number of aryl methyl sites for hydroxylation is 1. The number of nitrogens with zero attached hydrogens (tertiary/aromatic N) is 3. The highest BCUT2D eigenvalue weighted by Gasteiger charge is 2.23. The van der Waals surface area contributed by atoms with Crippen molar-refractivity contribution < 1.29 is 4.79 Å². The Morgan fingerprint density at radius 2 is 2.13 bits per heavy atom. The van der Waals surface area contributed by atoms with Gasteiger partial charge in [-0.05, 0) is 6.42 Å². The molecule has 4 heteroatoms. The predicted molar refractivity (Wildman–Crippen MR) is 58.5 cm³/mol. The van der Waals surface area contributed by atoms with E-state index in [2.05, 4.69) is 17.0 Å². The zero-order chi connectivity index (χ0) is 11.5. The Hall–Kier alpha value is -1.19. The minimum absolute atomic E-state index is 0.202. The fourth-order valence-electron chi connectivity index (χ4n) is 1.23. The first-order valence-electron chi connectivity index (χ1n) is 5.35. The number of Topliss-reactive ketones (excluding diaryl/α,β-unsaturated/α-hetero) is 1. The first kappa shape index (κ1) is 11.9. The maximum Gasteiger partial charge on any atom is 0.145 e. The maximum atomic E-state index is 11.8. The van der Waals surface area contributed by atoms with Crippen LogP contribution < -0.4 is 0 Å². The molecule has 0 fully saturated rings. The molecular formula is C11H19N3O. The summed E-state index contributed by atoms with van der Waals surface area (Å²) in [5.41, 5.74) is -0.303. The molecule has 1 rings (SSSR count). The van der Waals surface area contributed by atoms with Gasteiger partial charge in [0, 0.05) is 12.0 Å². The van der Waals surface area contributed by atoms with Crippen molar-refractivity contribution in [2.75, 3.05) is 0 Å². The van der Waals surface area contributed by atoms with Crippen LogP contribution >= 0.6 is 0 Å². The zero-order valence-corrected chi connectivity index (χ0v) is 9.95. The molecule has 0 aliphatic rings. The average Bonchev–Trinajstić information content (AvgIpc) is 2.52. The molecular weight excluding hydrogens is 190 g/mol. The molecule has 0 saturated carbocycles. The van der Waals surface area contributed by atoms with Crippen LogP contribution in [0.15, 0.2) is 6.33 Å². The summed E-state index contributed by atoms with van der Waals surface area (Å²) < 4.78 is 1.81. The van der Waals surface area contributed by atoms with E-state index in [9.17, 15) is 4.79 Å². The van der Waals surface area contributed by atoms with Crippen molar-refractivity contribution in [3.63, 3.8) is 0 Å². The molecule has 0 spiro atoms. The highest BCUT2D eigenvalue weighted by atomic mass is 16.1. The molecule has 0 saturated heterocycles. The lowest BCUT2D eigenvalue weighted by Gasteiger charge is -2.16. The van der Waals surface area contributed by atoms with Crippen molar-refractivity contribution in [1.29, 1.82) is 0 Å². The summed E-state index contributed by atoms with van der Waals surface area (Å²) in [6, 6.07) is 0. The van der Waals surface area contributed by atoms with E-state index in [4.69, 9.17) is 0 Å². The van der Waals surface area contributed by atoms with Crippen LogP contribution in [0.1, 0.15) is 39.9 Å². The van der Waals surface area contributed by atoms with Crippen molar-refractivity contribution in [2.45, 2.75) is 47.1 Å². The quantitative estimate of drug-likeness (QED) is 0.760.